The number of ketones is 1. The zero-order valence-corrected chi connectivity index (χ0v) is 18.6. The van der Waals surface area contributed by atoms with Crippen LogP contribution in [0, 0.1) is 0 Å². The molecule has 0 radical (unpaired) electrons. The lowest BCUT2D eigenvalue weighted by Crippen LogP contribution is -2.44. The fourth-order valence-electron chi connectivity index (χ4n) is 3.66. The Morgan fingerprint density at radius 3 is 2.30 bits per heavy atom. The molecule has 4 rings (SSSR count). The van der Waals surface area contributed by atoms with Crippen molar-refractivity contribution in [3.8, 4) is 0 Å². The fraction of sp³-hybridized carbons (Fsp3) is 0.174. The molecule has 1 aliphatic heterocycles. The lowest BCUT2D eigenvalue weighted by molar-refractivity contribution is 0.103. The Morgan fingerprint density at radius 1 is 1.03 bits per heavy atom. The summed E-state index contributed by atoms with van der Waals surface area (Å²) in [6, 6.07) is 14.7. The molecule has 2 heterocycles. The Balaban J connectivity index is 1.48. The number of anilines is 2. The number of carbonyl (C=O) groups excluding carboxylic acids is 1. The number of carbonyl (C=O) groups is 1. The zero-order chi connectivity index (χ0) is 21.3. The lowest BCUT2D eigenvalue weighted by Gasteiger charge is -2.37. The maximum atomic E-state index is 13.1. The van der Waals surface area contributed by atoms with Gasteiger partial charge in [-0.3, -0.25) is 9.69 Å². The first kappa shape index (κ1) is 20.9. The summed E-state index contributed by atoms with van der Waals surface area (Å²) < 4.78 is 0. The van der Waals surface area contributed by atoms with Gasteiger partial charge < -0.3 is 10.6 Å². The molecular weight excluding hydrogens is 437 g/mol. The predicted octanol–water partition coefficient (Wildman–Crippen LogP) is 5.70. The summed E-state index contributed by atoms with van der Waals surface area (Å²) in [5, 5.41) is 3.84. The predicted molar refractivity (Wildman–Crippen MR) is 127 cm³/mol. The van der Waals surface area contributed by atoms with E-state index in [0.29, 0.717) is 34.2 Å². The first-order valence-corrected chi connectivity index (χ1v) is 11.2. The van der Waals surface area contributed by atoms with Crippen molar-refractivity contribution in [2.24, 2.45) is 0 Å². The third-order valence-electron chi connectivity index (χ3n) is 5.19. The Hall–Kier alpha value is -2.31. The molecule has 0 atom stereocenters. The average molecular weight is 458 g/mol. The van der Waals surface area contributed by atoms with Crippen LogP contribution in [0.2, 0.25) is 10.0 Å². The summed E-state index contributed by atoms with van der Waals surface area (Å²) in [7, 11) is 0. The molecule has 0 unspecified atom stereocenters. The summed E-state index contributed by atoms with van der Waals surface area (Å²) in [6.07, 6.45) is 0. The first-order valence-electron chi connectivity index (χ1n) is 9.51. The second kappa shape index (κ2) is 8.82. The van der Waals surface area contributed by atoms with Gasteiger partial charge in [0.2, 0.25) is 0 Å². The molecule has 0 saturated carbocycles. The van der Waals surface area contributed by atoms with Gasteiger partial charge in [0.05, 0.1) is 10.6 Å². The highest BCUT2D eigenvalue weighted by molar-refractivity contribution is 7.14. The summed E-state index contributed by atoms with van der Waals surface area (Å²) in [6.45, 7) is 7.29. The van der Waals surface area contributed by atoms with Gasteiger partial charge in [0.1, 0.15) is 0 Å². The number of nitrogen functional groups attached to an aromatic ring is 1. The Morgan fingerprint density at radius 2 is 1.67 bits per heavy atom. The van der Waals surface area contributed by atoms with Crippen molar-refractivity contribution in [1.82, 2.24) is 4.90 Å². The molecular formula is C23H21Cl2N3OS. The van der Waals surface area contributed by atoms with E-state index < -0.39 is 0 Å². The lowest BCUT2D eigenvalue weighted by atomic mass is 10.0. The maximum Gasteiger partial charge on any atom is 0.196 e. The number of thiophene rings is 1. The number of nitrogens with two attached hydrogens (primary N) is 1. The maximum absolute atomic E-state index is 13.1. The topological polar surface area (TPSA) is 49.6 Å². The van der Waals surface area contributed by atoms with Crippen LogP contribution in [0.3, 0.4) is 0 Å². The van der Waals surface area contributed by atoms with Crippen LogP contribution in [-0.4, -0.2) is 30.3 Å². The third kappa shape index (κ3) is 4.40. The van der Waals surface area contributed by atoms with E-state index in [1.165, 1.54) is 11.3 Å². The van der Waals surface area contributed by atoms with Crippen molar-refractivity contribution in [3.63, 3.8) is 0 Å². The van der Waals surface area contributed by atoms with Crippen LogP contribution in [0.25, 0.3) is 0 Å². The number of hydrogen-bond acceptors (Lipinski definition) is 5. The molecule has 2 N–H and O–H groups in total. The minimum Gasteiger partial charge on any atom is -0.390 e. The molecule has 0 amide bonds. The third-order valence-corrected chi connectivity index (χ3v) is 6.55. The molecule has 154 valence electrons. The second-order valence-corrected chi connectivity index (χ2v) is 9.03. The van der Waals surface area contributed by atoms with E-state index in [1.807, 2.05) is 29.6 Å². The number of benzene rings is 2. The summed E-state index contributed by atoms with van der Waals surface area (Å²) in [5.41, 5.74) is 10.4. The minimum absolute atomic E-state index is 0.0703. The molecule has 1 saturated heterocycles. The van der Waals surface area contributed by atoms with Crippen molar-refractivity contribution < 1.29 is 4.79 Å². The van der Waals surface area contributed by atoms with Gasteiger partial charge in [-0.15, -0.1) is 11.3 Å². The zero-order valence-electron chi connectivity index (χ0n) is 16.3. The highest BCUT2D eigenvalue weighted by Gasteiger charge is 2.24. The Kier molecular flexibility index (Phi) is 6.16. The van der Waals surface area contributed by atoms with Crippen molar-refractivity contribution in [1.29, 1.82) is 0 Å². The average Bonchev–Trinajstić information content (AvgIpc) is 3.09. The van der Waals surface area contributed by atoms with Gasteiger partial charge in [0, 0.05) is 53.2 Å². The van der Waals surface area contributed by atoms with E-state index >= 15 is 0 Å². The van der Waals surface area contributed by atoms with Gasteiger partial charge in [-0.05, 0) is 59.5 Å². The van der Waals surface area contributed by atoms with Crippen molar-refractivity contribution in [3.05, 3.63) is 92.9 Å². The van der Waals surface area contributed by atoms with E-state index in [1.54, 1.807) is 24.3 Å². The SMILES string of the molecule is C=C1CN(Cc2csc(N)c2C(=O)c2ccc(Cl)cc2)CCN1c1ccc(Cl)cc1. The summed E-state index contributed by atoms with van der Waals surface area (Å²) >= 11 is 13.4. The van der Waals surface area contributed by atoms with Gasteiger partial charge in [-0.25, -0.2) is 0 Å². The number of halogens is 2. The van der Waals surface area contributed by atoms with Crippen LogP contribution in [0.15, 0.2) is 66.2 Å². The van der Waals surface area contributed by atoms with Crippen LogP contribution in [0.5, 0.6) is 0 Å². The summed E-state index contributed by atoms with van der Waals surface area (Å²) in [5.74, 6) is -0.0703. The smallest absolute Gasteiger partial charge is 0.196 e. The first-order chi connectivity index (χ1) is 14.4. The van der Waals surface area contributed by atoms with Gasteiger partial charge in [-0.1, -0.05) is 29.8 Å². The number of piperazine rings is 1. The van der Waals surface area contributed by atoms with Crippen LogP contribution >= 0.6 is 34.5 Å². The molecule has 0 aliphatic carbocycles. The molecule has 1 aliphatic rings. The van der Waals surface area contributed by atoms with Crippen LogP contribution < -0.4 is 10.6 Å². The molecule has 0 spiro atoms. The normalized spacial score (nSPS) is 14.9. The molecule has 7 heteroatoms. The quantitative estimate of drug-likeness (QED) is 0.498. The fourth-order valence-corrected chi connectivity index (χ4v) is 4.72. The highest BCUT2D eigenvalue weighted by atomic mass is 35.5. The van der Waals surface area contributed by atoms with E-state index in [4.69, 9.17) is 28.9 Å². The van der Waals surface area contributed by atoms with Crippen LogP contribution in [0.1, 0.15) is 21.5 Å². The standard InChI is InChI=1S/C23H21Cl2N3OS/c1-15-12-27(10-11-28(15)20-8-6-19(25)7-9-20)13-17-14-30-23(26)21(17)22(29)16-2-4-18(24)5-3-16/h2-9,14H,1,10-13,26H2. The molecule has 1 aromatic heterocycles. The van der Waals surface area contributed by atoms with Crippen molar-refractivity contribution in [2.75, 3.05) is 30.3 Å². The van der Waals surface area contributed by atoms with Crippen LogP contribution in [0.4, 0.5) is 10.7 Å². The van der Waals surface area contributed by atoms with Crippen LogP contribution in [-0.2, 0) is 6.54 Å². The molecule has 30 heavy (non-hydrogen) atoms. The largest absolute Gasteiger partial charge is 0.390 e. The van der Waals surface area contributed by atoms with Gasteiger partial charge in [0.15, 0.2) is 5.78 Å². The molecule has 4 nitrogen and oxygen atoms in total. The monoisotopic (exact) mass is 457 g/mol. The molecule has 1 fully saturated rings. The van der Waals surface area contributed by atoms with Gasteiger partial charge in [0.25, 0.3) is 0 Å². The van der Waals surface area contributed by atoms with Gasteiger partial charge in [-0.2, -0.15) is 0 Å². The summed E-state index contributed by atoms with van der Waals surface area (Å²) in [4.78, 5) is 17.5. The van der Waals surface area contributed by atoms with Gasteiger partial charge >= 0.3 is 0 Å². The molecule has 2 aromatic carbocycles. The van der Waals surface area contributed by atoms with E-state index in [2.05, 4.69) is 16.4 Å². The number of rotatable bonds is 5. The van der Waals surface area contributed by atoms with E-state index in [-0.39, 0.29) is 5.78 Å². The highest BCUT2D eigenvalue weighted by Crippen LogP contribution is 2.31. The Bertz CT molecular complexity index is 1080. The van der Waals surface area contributed by atoms with E-state index in [0.717, 1.165) is 35.1 Å². The molecule has 0 bridgehead atoms. The second-order valence-electron chi connectivity index (χ2n) is 7.24. The van der Waals surface area contributed by atoms with E-state index in [9.17, 15) is 4.79 Å². The van der Waals surface area contributed by atoms with Crippen molar-refractivity contribution >= 4 is 51.0 Å². The molecule has 3 aromatic rings. The Labute approximate surface area is 190 Å². The number of nitrogens with zero attached hydrogens (tertiary/aromatic N) is 2. The van der Waals surface area contributed by atoms with Crippen molar-refractivity contribution in [2.45, 2.75) is 6.54 Å². The number of hydrogen-bond donors (Lipinski definition) is 1. The minimum atomic E-state index is -0.0703.